The van der Waals surface area contributed by atoms with Crippen LogP contribution < -0.4 is 9.64 Å². The van der Waals surface area contributed by atoms with Crippen molar-refractivity contribution in [3.05, 3.63) is 53.5 Å². The molecule has 0 saturated carbocycles. The van der Waals surface area contributed by atoms with E-state index in [2.05, 4.69) is 4.98 Å². The Bertz CT molecular complexity index is 948. The van der Waals surface area contributed by atoms with Crippen LogP contribution in [0.4, 0.5) is 14.9 Å². The lowest BCUT2D eigenvalue weighted by Crippen LogP contribution is -2.49. The van der Waals surface area contributed by atoms with E-state index in [0.717, 1.165) is 16.7 Å². The molecule has 10 heteroatoms. The van der Waals surface area contributed by atoms with Gasteiger partial charge in [0.2, 0.25) is 5.88 Å². The van der Waals surface area contributed by atoms with E-state index in [-0.39, 0.29) is 30.6 Å². The van der Waals surface area contributed by atoms with Gasteiger partial charge in [0.25, 0.3) is 10.1 Å². The van der Waals surface area contributed by atoms with Gasteiger partial charge in [0.15, 0.2) is 0 Å². The lowest BCUT2D eigenvalue weighted by Gasteiger charge is -2.34. The summed E-state index contributed by atoms with van der Waals surface area (Å²) in [6.07, 6.45) is 1.58. The Hall–Kier alpha value is -2.72. The maximum absolute atomic E-state index is 13.0. The molecule has 2 heterocycles. The second-order valence-electron chi connectivity index (χ2n) is 6.08. The fourth-order valence-corrected chi connectivity index (χ4v) is 3.14. The Labute approximate surface area is 155 Å². The lowest BCUT2D eigenvalue weighted by atomic mass is 10.1. The largest absolute Gasteiger partial charge is 0.474 e. The highest BCUT2D eigenvalue weighted by Gasteiger charge is 2.34. The molecule has 8 nitrogen and oxygen atoms in total. The number of ether oxygens (including phenoxy) is 1. The number of carboxylic acid groups (broad SMARTS) is 1. The van der Waals surface area contributed by atoms with Crippen molar-refractivity contribution in [3.8, 4) is 5.88 Å². The topological polar surface area (TPSA) is 106 Å². The molecule has 0 unspecified atom stereocenters. The first-order valence-corrected chi connectivity index (χ1v) is 9.77. The number of pyridine rings is 1. The van der Waals surface area contributed by atoms with Crippen LogP contribution in [0.15, 0.2) is 36.5 Å². The number of rotatable bonds is 5. The summed E-state index contributed by atoms with van der Waals surface area (Å²) in [5, 5.41) is 9.59. The second-order valence-corrected chi connectivity index (χ2v) is 7.72. The van der Waals surface area contributed by atoms with Gasteiger partial charge in [-0.1, -0.05) is 12.1 Å². The van der Waals surface area contributed by atoms with E-state index in [9.17, 15) is 22.7 Å². The molecule has 0 radical (unpaired) electrons. The molecule has 0 aliphatic carbocycles. The molecule has 1 amide bonds. The number of hydrogen-bond donors (Lipinski definition) is 1. The number of aromatic nitrogens is 1. The van der Waals surface area contributed by atoms with Crippen LogP contribution in [-0.2, 0) is 20.7 Å². The molecular weight excluding hydrogens is 379 g/mol. The normalized spacial score (nSPS) is 16.5. The summed E-state index contributed by atoms with van der Waals surface area (Å²) in [6, 6.07) is 6.70. The smallest absolute Gasteiger partial charge is 0.412 e. The van der Waals surface area contributed by atoms with Gasteiger partial charge < -0.3 is 9.84 Å². The van der Waals surface area contributed by atoms with Crippen LogP contribution in [0.25, 0.3) is 0 Å². The molecule has 144 valence electrons. The van der Waals surface area contributed by atoms with Gasteiger partial charge >= 0.3 is 6.09 Å². The molecule has 1 aromatic heterocycles. The van der Waals surface area contributed by atoms with E-state index in [1.54, 1.807) is 24.4 Å². The fraction of sp³-hybridized carbons (Fsp3) is 0.294. The maximum Gasteiger partial charge on any atom is 0.412 e. The van der Waals surface area contributed by atoms with Crippen LogP contribution in [0.5, 0.6) is 5.88 Å². The minimum Gasteiger partial charge on any atom is -0.474 e. The van der Waals surface area contributed by atoms with Crippen molar-refractivity contribution in [3.63, 3.8) is 0 Å². The molecule has 0 saturated heterocycles. The standard InChI is InChI=1S/C17H17FN2O6S/c1-27(23,24)26-10-14-9-25-16-15(20(14)17(21)22)7-12(8-19-16)6-11-2-4-13(18)5-3-11/h2-5,7-8,14H,6,9-10H2,1H3,(H,21,22)/t14-/m1/s1. The van der Waals surface area contributed by atoms with Crippen molar-refractivity contribution < 1.29 is 31.6 Å². The summed E-state index contributed by atoms with van der Waals surface area (Å²) in [4.78, 5) is 16.9. The van der Waals surface area contributed by atoms with Crippen LogP contribution >= 0.6 is 0 Å². The molecule has 1 aliphatic rings. The Kier molecular flexibility index (Phi) is 5.29. The molecular formula is C17H17FN2O6S. The van der Waals surface area contributed by atoms with Gasteiger partial charge in [0.1, 0.15) is 18.1 Å². The Morgan fingerprint density at radius 2 is 2.07 bits per heavy atom. The molecule has 2 aromatic rings. The van der Waals surface area contributed by atoms with Gasteiger partial charge in [0.05, 0.1) is 18.9 Å². The van der Waals surface area contributed by atoms with Crippen LogP contribution in [-0.4, -0.2) is 50.1 Å². The molecule has 0 bridgehead atoms. The molecule has 1 aliphatic heterocycles. The first kappa shape index (κ1) is 19.1. The van der Waals surface area contributed by atoms with Crippen molar-refractivity contribution in [1.29, 1.82) is 0 Å². The lowest BCUT2D eigenvalue weighted by molar-refractivity contribution is 0.169. The van der Waals surface area contributed by atoms with Gasteiger partial charge in [-0.3, -0.25) is 9.08 Å². The van der Waals surface area contributed by atoms with E-state index >= 15 is 0 Å². The van der Waals surface area contributed by atoms with Crippen LogP contribution in [0.3, 0.4) is 0 Å². The molecule has 0 spiro atoms. The van der Waals surface area contributed by atoms with Gasteiger partial charge in [-0.05, 0) is 35.7 Å². The summed E-state index contributed by atoms with van der Waals surface area (Å²) in [7, 11) is -3.72. The number of anilines is 1. The zero-order valence-electron chi connectivity index (χ0n) is 14.3. The van der Waals surface area contributed by atoms with Gasteiger partial charge in [-0.15, -0.1) is 0 Å². The van der Waals surface area contributed by atoms with Crippen molar-refractivity contribution >= 4 is 21.9 Å². The summed E-state index contributed by atoms with van der Waals surface area (Å²) in [6.45, 7) is -0.452. The highest BCUT2D eigenvalue weighted by molar-refractivity contribution is 7.85. The minimum atomic E-state index is -3.72. The third kappa shape index (κ3) is 4.72. The first-order valence-electron chi connectivity index (χ1n) is 7.95. The molecule has 1 atom stereocenters. The quantitative estimate of drug-likeness (QED) is 0.771. The average molecular weight is 396 g/mol. The number of nitrogens with zero attached hydrogens (tertiary/aromatic N) is 2. The Morgan fingerprint density at radius 3 is 2.70 bits per heavy atom. The second kappa shape index (κ2) is 7.49. The van der Waals surface area contributed by atoms with Gasteiger partial charge in [-0.2, -0.15) is 8.42 Å². The highest BCUT2D eigenvalue weighted by atomic mass is 32.2. The minimum absolute atomic E-state index is 0.0842. The molecule has 1 aromatic carbocycles. The number of amides is 1. The summed E-state index contributed by atoms with van der Waals surface area (Å²) in [5.41, 5.74) is 1.73. The predicted octanol–water partition coefficient (Wildman–Crippen LogP) is 2.03. The third-order valence-electron chi connectivity index (χ3n) is 3.93. The highest BCUT2D eigenvalue weighted by Crippen LogP contribution is 2.33. The molecule has 3 rings (SSSR count). The van der Waals surface area contributed by atoms with E-state index in [1.165, 1.54) is 12.1 Å². The molecule has 27 heavy (non-hydrogen) atoms. The number of halogens is 1. The first-order chi connectivity index (χ1) is 12.7. The summed E-state index contributed by atoms with van der Waals surface area (Å²) >= 11 is 0. The molecule has 1 N–H and O–H groups in total. The zero-order valence-corrected chi connectivity index (χ0v) is 15.1. The van der Waals surface area contributed by atoms with E-state index in [0.29, 0.717) is 12.0 Å². The fourth-order valence-electron chi connectivity index (χ4n) is 2.73. The maximum atomic E-state index is 13.0. The van der Waals surface area contributed by atoms with E-state index < -0.39 is 22.3 Å². The summed E-state index contributed by atoms with van der Waals surface area (Å²) in [5.74, 6) is -0.211. The monoisotopic (exact) mass is 396 g/mol. The number of benzene rings is 1. The van der Waals surface area contributed by atoms with Crippen LogP contribution in [0.2, 0.25) is 0 Å². The van der Waals surface area contributed by atoms with Crippen LogP contribution in [0, 0.1) is 5.82 Å². The average Bonchev–Trinajstić information content (AvgIpc) is 2.60. The van der Waals surface area contributed by atoms with E-state index in [1.807, 2.05) is 0 Å². The van der Waals surface area contributed by atoms with Crippen molar-refractivity contribution in [2.45, 2.75) is 12.5 Å². The number of hydrogen-bond acceptors (Lipinski definition) is 6. The van der Waals surface area contributed by atoms with E-state index in [4.69, 9.17) is 8.92 Å². The van der Waals surface area contributed by atoms with Crippen molar-refractivity contribution in [2.75, 3.05) is 24.4 Å². The summed E-state index contributed by atoms with van der Waals surface area (Å²) < 4.78 is 45.6. The van der Waals surface area contributed by atoms with Crippen LogP contribution in [0.1, 0.15) is 11.1 Å². The Balaban J connectivity index is 1.87. The SMILES string of the molecule is CS(=O)(=O)OC[C@H]1COc2ncc(Cc3ccc(F)cc3)cc2N1C(=O)O. The number of carbonyl (C=O) groups is 1. The van der Waals surface area contributed by atoms with Gasteiger partial charge in [-0.25, -0.2) is 14.2 Å². The number of fused-ring (bicyclic) bond motifs is 1. The predicted molar refractivity (Wildman–Crippen MR) is 94.0 cm³/mol. The van der Waals surface area contributed by atoms with Gasteiger partial charge in [0, 0.05) is 6.20 Å². The third-order valence-corrected chi connectivity index (χ3v) is 4.49. The Morgan fingerprint density at radius 1 is 1.37 bits per heavy atom. The zero-order chi connectivity index (χ0) is 19.6. The van der Waals surface area contributed by atoms with Crippen molar-refractivity contribution in [2.24, 2.45) is 0 Å². The molecule has 0 fully saturated rings. The van der Waals surface area contributed by atoms with Crippen molar-refractivity contribution in [1.82, 2.24) is 4.98 Å².